The summed E-state index contributed by atoms with van der Waals surface area (Å²) in [5.74, 6) is 2.35. The average Bonchev–Trinajstić information content (AvgIpc) is 2.59. The van der Waals surface area contributed by atoms with Crippen LogP contribution < -0.4 is 5.73 Å². The van der Waals surface area contributed by atoms with Gasteiger partial charge in [-0.1, -0.05) is 20.8 Å². The van der Waals surface area contributed by atoms with Gasteiger partial charge in [-0.05, 0) is 18.3 Å². The smallest absolute Gasteiger partial charge is 0.108 e. The fourth-order valence-corrected chi connectivity index (χ4v) is 1.69. The lowest BCUT2D eigenvalue weighted by molar-refractivity contribution is 0.331. The second-order valence-corrected chi connectivity index (χ2v) is 4.76. The van der Waals surface area contributed by atoms with E-state index in [0.29, 0.717) is 11.8 Å². The highest BCUT2D eigenvalue weighted by molar-refractivity contribution is 4.92. The molecule has 86 valence electrons. The molecule has 0 aliphatic heterocycles. The maximum absolute atomic E-state index is 6.15. The summed E-state index contributed by atoms with van der Waals surface area (Å²) in [5.41, 5.74) is 6.15. The second-order valence-electron chi connectivity index (χ2n) is 4.76. The number of imidazole rings is 1. The highest BCUT2D eigenvalue weighted by Crippen LogP contribution is 2.16. The lowest BCUT2D eigenvalue weighted by atomic mass is 9.88. The number of hydrogen-bond donors (Lipinski definition) is 1. The third kappa shape index (κ3) is 3.34. The van der Waals surface area contributed by atoms with Gasteiger partial charge in [0.25, 0.3) is 0 Å². The van der Waals surface area contributed by atoms with E-state index in [0.717, 1.165) is 18.7 Å². The molecular formula is C12H23N3. The number of aromatic nitrogens is 2. The Kier molecular flexibility index (Phi) is 4.33. The van der Waals surface area contributed by atoms with Gasteiger partial charge in [0.2, 0.25) is 0 Å². The Morgan fingerprint density at radius 1 is 1.40 bits per heavy atom. The molecule has 1 aromatic rings. The molecule has 0 aliphatic rings. The molecule has 15 heavy (non-hydrogen) atoms. The van der Waals surface area contributed by atoms with Crippen molar-refractivity contribution in [3.63, 3.8) is 0 Å². The molecule has 3 nitrogen and oxygen atoms in total. The van der Waals surface area contributed by atoms with E-state index in [-0.39, 0.29) is 6.04 Å². The molecule has 1 heterocycles. The van der Waals surface area contributed by atoms with Crippen LogP contribution in [-0.4, -0.2) is 15.6 Å². The molecule has 2 N–H and O–H groups in total. The van der Waals surface area contributed by atoms with Crippen molar-refractivity contribution < 1.29 is 0 Å². The molecule has 0 fully saturated rings. The fourth-order valence-electron chi connectivity index (χ4n) is 1.69. The van der Waals surface area contributed by atoms with Crippen LogP contribution in [0.3, 0.4) is 0 Å². The van der Waals surface area contributed by atoms with E-state index in [1.165, 1.54) is 0 Å². The van der Waals surface area contributed by atoms with Crippen LogP contribution in [0.4, 0.5) is 0 Å². The standard InChI is InChI=1S/C12H23N3/c1-9(2)10(3)11(13)5-6-12-14-7-8-15(12)4/h7-11H,5-6,13H2,1-4H3. The van der Waals surface area contributed by atoms with Crippen LogP contribution in [0.2, 0.25) is 0 Å². The molecule has 0 saturated heterocycles. The van der Waals surface area contributed by atoms with E-state index in [4.69, 9.17) is 5.73 Å². The largest absolute Gasteiger partial charge is 0.338 e. The van der Waals surface area contributed by atoms with E-state index in [9.17, 15) is 0 Å². The first-order chi connectivity index (χ1) is 7.02. The predicted octanol–water partition coefficient (Wildman–Crippen LogP) is 1.97. The number of nitrogens with two attached hydrogens (primary N) is 1. The van der Waals surface area contributed by atoms with Crippen LogP contribution in [0.5, 0.6) is 0 Å². The van der Waals surface area contributed by atoms with Crippen LogP contribution in [0.1, 0.15) is 33.0 Å². The zero-order valence-corrected chi connectivity index (χ0v) is 10.3. The van der Waals surface area contributed by atoms with Crippen molar-refractivity contribution in [2.45, 2.75) is 39.7 Å². The Bertz CT molecular complexity index is 291. The summed E-state index contributed by atoms with van der Waals surface area (Å²) in [6.45, 7) is 6.68. The van der Waals surface area contributed by atoms with E-state index in [2.05, 4.69) is 30.3 Å². The lowest BCUT2D eigenvalue weighted by Gasteiger charge is -2.23. The first-order valence-corrected chi connectivity index (χ1v) is 5.74. The van der Waals surface area contributed by atoms with Crippen molar-refractivity contribution in [2.75, 3.05) is 0 Å². The highest BCUT2D eigenvalue weighted by Gasteiger charge is 2.16. The number of aryl methyl sites for hydroxylation is 2. The molecule has 0 bridgehead atoms. The van der Waals surface area contributed by atoms with Gasteiger partial charge in [0.15, 0.2) is 0 Å². The molecule has 0 aromatic carbocycles. The van der Waals surface area contributed by atoms with Gasteiger partial charge in [-0.2, -0.15) is 0 Å². The van der Waals surface area contributed by atoms with Gasteiger partial charge in [0, 0.05) is 31.9 Å². The maximum atomic E-state index is 6.15. The van der Waals surface area contributed by atoms with E-state index < -0.39 is 0 Å². The Labute approximate surface area is 92.7 Å². The normalized spacial score (nSPS) is 15.6. The first kappa shape index (κ1) is 12.2. The van der Waals surface area contributed by atoms with Crippen molar-refractivity contribution in [2.24, 2.45) is 24.6 Å². The number of hydrogen-bond acceptors (Lipinski definition) is 2. The average molecular weight is 209 g/mol. The molecule has 3 heteroatoms. The first-order valence-electron chi connectivity index (χ1n) is 5.74. The summed E-state index contributed by atoms with van der Waals surface area (Å²) < 4.78 is 2.06. The van der Waals surface area contributed by atoms with E-state index >= 15 is 0 Å². The molecule has 0 radical (unpaired) electrons. The third-order valence-corrected chi connectivity index (χ3v) is 3.35. The number of nitrogens with zero attached hydrogens (tertiary/aromatic N) is 2. The van der Waals surface area contributed by atoms with E-state index in [1.54, 1.807) is 0 Å². The van der Waals surface area contributed by atoms with Crippen LogP contribution in [0, 0.1) is 11.8 Å². The Hall–Kier alpha value is -0.830. The Morgan fingerprint density at radius 3 is 2.53 bits per heavy atom. The van der Waals surface area contributed by atoms with Gasteiger partial charge in [0.05, 0.1) is 0 Å². The second kappa shape index (κ2) is 5.31. The van der Waals surface area contributed by atoms with Crippen molar-refractivity contribution >= 4 is 0 Å². The minimum Gasteiger partial charge on any atom is -0.338 e. The Balaban J connectivity index is 2.40. The van der Waals surface area contributed by atoms with Crippen LogP contribution >= 0.6 is 0 Å². The monoisotopic (exact) mass is 209 g/mol. The number of rotatable bonds is 5. The summed E-state index contributed by atoms with van der Waals surface area (Å²) in [4.78, 5) is 4.30. The third-order valence-electron chi connectivity index (χ3n) is 3.35. The van der Waals surface area contributed by atoms with Crippen LogP contribution in [0.25, 0.3) is 0 Å². The molecule has 1 rings (SSSR count). The van der Waals surface area contributed by atoms with Gasteiger partial charge in [-0.15, -0.1) is 0 Å². The van der Waals surface area contributed by atoms with Crippen molar-refractivity contribution in [3.8, 4) is 0 Å². The molecule has 2 unspecified atom stereocenters. The van der Waals surface area contributed by atoms with Crippen LogP contribution in [0.15, 0.2) is 12.4 Å². The molecule has 0 amide bonds. The summed E-state index contributed by atoms with van der Waals surface area (Å²) >= 11 is 0. The summed E-state index contributed by atoms with van der Waals surface area (Å²) in [6.07, 6.45) is 5.81. The molecule has 0 spiro atoms. The molecule has 2 atom stereocenters. The molecule has 0 saturated carbocycles. The fraction of sp³-hybridized carbons (Fsp3) is 0.750. The lowest BCUT2D eigenvalue weighted by Crippen LogP contribution is -2.32. The van der Waals surface area contributed by atoms with Gasteiger partial charge < -0.3 is 10.3 Å². The quantitative estimate of drug-likeness (QED) is 0.805. The van der Waals surface area contributed by atoms with Crippen LogP contribution in [-0.2, 0) is 13.5 Å². The van der Waals surface area contributed by atoms with Gasteiger partial charge >= 0.3 is 0 Å². The van der Waals surface area contributed by atoms with Gasteiger partial charge in [-0.25, -0.2) is 4.98 Å². The minimum absolute atomic E-state index is 0.279. The zero-order valence-electron chi connectivity index (χ0n) is 10.3. The summed E-state index contributed by atoms with van der Waals surface area (Å²) in [7, 11) is 2.03. The predicted molar refractivity (Wildman–Crippen MR) is 63.5 cm³/mol. The highest BCUT2D eigenvalue weighted by atomic mass is 15.0. The molecular weight excluding hydrogens is 186 g/mol. The van der Waals surface area contributed by atoms with Crippen molar-refractivity contribution in [3.05, 3.63) is 18.2 Å². The SMILES string of the molecule is CC(C)C(C)C(N)CCc1nccn1C. The van der Waals surface area contributed by atoms with Crippen molar-refractivity contribution in [1.29, 1.82) is 0 Å². The minimum atomic E-state index is 0.279. The Morgan fingerprint density at radius 2 is 2.07 bits per heavy atom. The summed E-state index contributed by atoms with van der Waals surface area (Å²) in [5, 5.41) is 0. The van der Waals surface area contributed by atoms with Gasteiger partial charge in [0.1, 0.15) is 5.82 Å². The van der Waals surface area contributed by atoms with E-state index in [1.807, 2.05) is 19.4 Å². The zero-order chi connectivity index (χ0) is 11.4. The van der Waals surface area contributed by atoms with Crippen molar-refractivity contribution in [1.82, 2.24) is 9.55 Å². The maximum Gasteiger partial charge on any atom is 0.108 e. The topological polar surface area (TPSA) is 43.8 Å². The molecule has 1 aromatic heterocycles. The molecule has 0 aliphatic carbocycles. The summed E-state index contributed by atoms with van der Waals surface area (Å²) in [6, 6.07) is 0.279. The van der Waals surface area contributed by atoms with Gasteiger partial charge in [-0.3, -0.25) is 0 Å².